The maximum atomic E-state index is 9.27. The predicted molar refractivity (Wildman–Crippen MR) is 102 cm³/mol. The topological polar surface area (TPSA) is 70.1 Å². The zero-order valence-corrected chi connectivity index (χ0v) is 14.5. The van der Waals surface area contributed by atoms with E-state index < -0.39 is 0 Å². The second-order valence-corrected chi connectivity index (χ2v) is 6.12. The minimum Gasteiger partial charge on any atom is -0.394 e. The summed E-state index contributed by atoms with van der Waals surface area (Å²) in [6.45, 7) is 1.86. The van der Waals surface area contributed by atoms with Crippen molar-refractivity contribution < 1.29 is 5.11 Å². The molecule has 0 fully saturated rings. The van der Waals surface area contributed by atoms with E-state index in [1.54, 1.807) is 0 Å². The Bertz CT molecular complexity index is 825. The molecule has 0 aliphatic heterocycles. The lowest BCUT2D eigenvalue weighted by Crippen LogP contribution is -2.21. The molecule has 6 heteroatoms. The Morgan fingerprint density at radius 2 is 1.76 bits per heavy atom. The summed E-state index contributed by atoms with van der Waals surface area (Å²) < 4.78 is 0. The Balaban J connectivity index is 1.95. The molecule has 0 saturated carbocycles. The Morgan fingerprint density at radius 1 is 1.04 bits per heavy atom. The van der Waals surface area contributed by atoms with Gasteiger partial charge >= 0.3 is 0 Å². The van der Waals surface area contributed by atoms with Crippen molar-refractivity contribution in [3.63, 3.8) is 0 Å². The van der Waals surface area contributed by atoms with Crippen molar-refractivity contribution in [1.29, 1.82) is 0 Å². The number of nitrogens with zero attached hydrogens (tertiary/aromatic N) is 2. The van der Waals surface area contributed by atoms with Gasteiger partial charge in [0.25, 0.3) is 0 Å². The molecule has 0 aliphatic rings. The quantitative estimate of drug-likeness (QED) is 0.614. The molecule has 1 atom stereocenters. The Morgan fingerprint density at radius 3 is 2.44 bits per heavy atom. The minimum absolute atomic E-state index is 0.00112. The molecule has 2 aromatic carbocycles. The summed E-state index contributed by atoms with van der Waals surface area (Å²) in [6.07, 6.45) is 0. The number of aliphatic hydroxyl groups is 1. The summed E-state index contributed by atoms with van der Waals surface area (Å²) in [7, 11) is 0. The Hall–Kier alpha value is -2.63. The standard InChI is InChI=1S/C19H19ClN4O/c1-13(12-25)21-19-23-17(14-5-3-2-4-6-14)11-18(24-19)22-16-9-7-15(20)8-10-16/h2-11,13,25H,12H2,1H3,(H2,21,22,23,24)/t13-/m0/s1. The van der Waals surface area contributed by atoms with Gasteiger partial charge in [-0.3, -0.25) is 0 Å². The molecule has 0 saturated heterocycles. The number of benzene rings is 2. The van der Waals surface area contributed by atoms with E-state index in [0.29, 0.717) is 16.8 Å². The fourth-order valence-corrected chi connectivity index (χ4v) is 2.41. The molecule has 0 amide bonds. The Kier molecular flexibility index (Phi) is 5.48. The number of aliphatic hydroxyl groups excluding tert-OH is 1. The van der Waals surface area contributed by atoms with E-state index in [2.05, 4.69) is 20.6 Å². The van der Waals surface area contributed by atoms with Crippen LogP contribution in [0.5, 0.6) is 0 Å². The van der Waals surface area contributed by atoms with Crippen LogP contribution in [0, 0.1) is 0 Å². The first kappa shape index (κ1) is 17.2. The first-order valence-corrected chi connectivity index (χ1v) is 8.36. The molecule has 0 aliphatic carbocycles. The summed E-state index contributed by atoms with van der Waals surface area (Å²) >= 11 is 5.93. The molecule has 1 aromatic heterocycles. The molecule has 5 nitrogen and oxygen atoms in total. The number of rotatable bonds is 6. The second kappa shape index (κ2) is 7.96. The molecule has 1 heterocycles. The van der Waals surface area contributed by atoms with Gasteiger partial charge in [0.15, 0.2) is 0 Å². The number of hydrogen-bond acceptors (Lipinski definition) is 5. The predicted octanol–water partition coefficient (Wildman–Crippen LogP) is 4.33. The average Bonchev–Trinajstić information content (AvgIpc) is 2.64. The van der Waals surface area contributed by atoms with E-state index in [4.69, 9.17) is 11.6 Å². The van der Waals surface area contributed by atoms with Gasteiger partial charge in [-0.25, -0.2) is 4.98 Å². The number of aromatic nitrogens is 2. The van der Waals surface area contributed by atoms with Crippen LogP contribution in [-0.4, -0.2) is 27.7 Å². The number of nitrogens with one attached hydrogen (secondary N) is 2. The van der Waals surface area contributed by atoms with Crippen LogP contribution in [-0.2, 0) is 0 Å². The van der Waals surface area contributed by atoms with Crippen LogP contribution in [0.4, 0.5) is 17.5 Å². The van der Waals surface area contributed by atoms with Crippen molar-refractivity contribution >= 4 is 29.1 Å². The van der Waals surface area contributed by atoms with Crippen molar-refractivity contribution in [2.75, 3.05) is 17.2 Å². The van der Waals surface area contributed by atoms with E-state index in [1.165, 1.54) is 0 Å². The normalized spacial score (nSPS) is 11.8. The molecule has 128 valence electrons. The maximum Gasteiger partial charge on any atom is 0.225 e. The minimum atomic E-state index is -0.144. The highest BCUT2D eigenvalue weighted by molar-refractivity contribution is 6.30. The van der Waals surface area contributed by atoms with Gasteiger partial charge in [-0.05, 0) is 31.2 Å². The zero-order valence-electron chi connectivity index (χ0n) is 13.8. The molecule has 0 bridgehead atoms. The lowest BCUT2D eigenvalue weighted by molar-refractivity contribution is 0.281. The summed E-state index contributed by atoms with van der Waals surface area (Å²) in [6, 6.07) is 19.0. The summed E-state index contributed by atoms with van der Waals surface area (Å²) in [5, 5.41) is 16.3. The first-order valence-electron chi connectivity index (χ1n) is 7.98. The molecule has 0 radical (unpaired) electrons. The third-order valence-electron chi connectivity index (χ3n) is 3.56. The highest BCUT2D eigenvalue weighted by Gasteiger charge is 2.09. The summed E-state index contributed by atoms with van der Waals surface area (Å²) in [4.78, 5) is 9.04. The third kappa shape index (κ3) is 4.68. The first-order chi connectivity index (χ1) is 12.1. The van der Waals surface area contributed by atoms with E-state index in [-0.39, 0.29) is 12.6 Å². The molecule has 3 aromatic rings. The van der Waals surface area contributed by atoms with Gasteiger partial charge in [-0.2, -0.15) is 4.98 Å². The number of halogens is 1. The van der Waals surface area contributed by atoms with E-state index in [9.17, 15) is 5.11 Å². The van der Waals surface area contributed by atoms with Crippen LogP contribution < -0.4 is 10.6 Å². The number of hydrogen-bond donors (Lipinski definition) is 3. The molecule has 0 spiro atoms. The molecular weight excluding hydrogens is 336 g/mol. The average molecular weight is 355 g/mol. The third-order valence-corrected chi connectivity index (χ3v) is 3.81. The van der Waals surface area contributed by atoms with Crippen LogP contribution in [0.3, 0.4) is 0 Å². The zero-order chi connectivity index (χ0) is 17.6. The lowest BCUT2D eigenvalue weighted by atomic mass is 10.1. The highest BCUT2D eigenvalue weighted by Crippen LogP contribution is 2.24. The lowest BCUT2D eigenvalue weighted by Gasteiger charge is -2.14. The van der Waals surface area contributed by atoms with Gasteiger partial charge < -0.3 is 15.7 Å². The summed E-state index contributed by atoms with van der Waals surface area (Å²) in [5.74, 6) is 1.11. The van der Waals surface area contributed by atoms with Crippen molar-refractivity contribution in [3.8, 4) is 11.3 Å². The molecule has 3 N–H and O–H groups in total. The van der Waals surface area contributed by atoms with Gasteiger partial charge in [0.2, 0.25) is 5.95 Å². The Labute approximate surface area is 151 Å². The van der Waals surface area contributed by atoms with E-state index in [1.807, 2.05) is 67.6 Å². The van der Waals surface area contributed by atoms with Gasteiger partial charge in [0.05, 0.1) is 12.3 Å². The molecule has 0 unspecified atom stereocenters. The van der Waals surface area contributed by atoms with Gasteiger partial charge in [-0.15, -0.1) is 0 Å². The van der Waals surface area contributed by atoms with Crippen LogP contribution in [0.1, 0.15) is 6.92 Å². The van der Waals surface area contributed by atoms with Gasteiger partial charge in [0, 0.05) is 28.4 Å². The maximum absolute atomic E-state index is 9.27. The van der Waals surface area contributed by atoms with Gasteiger partial charge in [-0.1, -0.05) is 41.9 Å². The van der Waals surface area contributed by atoms with Crippen molar-refractivity contribution in [1.82, 2.24) is 9.97 Å². The largest absolute Gasteiger partial charge is 0.394 e. The fraction of sp³-hybridized carbons (Fsp3) is 0.158. The van der Waals surface area contributed by atoms with Crippen LogP contribution in [0.2, 0.25) is 5.02 Å². The SMILES string of the molecule is C[C@@H](CO)Nc1nc(Nc2ccc(Cl)cc2)cc(-c2ccccc2)n1. The van der Waals surface area contributed by atoms with E-state index >= 15 is 0 Å². The van der Waals surface area contributed by atoms with Crippen LogP contribution in [0.15, 0.2) is 60.7 Å². The van der Waals surface area contributed by atoms with Crippen molar-refractivity contribution in [2.45, 2.75) is 13.0 Å². The fourth-order valence-electron chi connectivity index (χ4n) is 2.28. The van der Waals surface area contributed by atoms with Crippen LogP contribution in [0.25, 0.3) is 11.3 Å². The second-order valence-electron chi connectivity index (χ2n) is 5.69. The van der Waals surface area contributed by atoms with Crippen molar-refractivity contribution in [3.05, 3.63) is 65.7 Å². The van der Waals surface area contributed by atoms with Crippen molar-refractivity contribution in [2.24, 2.45) is 0 Å². The molecule has 3 rings (SSSR count). The molecule has 25 heavy (non-hydrogen) atoms. The van der Waals surface area contributed by atoms with E-state index in [0.717, 1.165) is 16.9 Å². The van der Waals surface area contributed by atoms with Gasteiger partial charge in [0.1, 0.15) is 5.82 Å². The number of anilines is 3. The highest BCUT2D eigenvalue weighted by atomic mass is 35.5. The smallest absolute Gasteiger partial charge is 0.225 e. The van der Waals surface area contributed by atoms with Crippen LogP contribution >= 0.6 is 11.6 Å². The summed E-state index contributed by atoms with van der Waals surface area (Å²) in [5.41, 5.74) is 2.66. The molecular formula is C19H19ClN4O. The monoisotopic (exact) mass is 354 g/mol.